The van der Waals surface area contributed by atoms with E-state index in [2.05, 4.69) is 12.2 Å². The minimum atomic E-state index is 0.0728. The summed E-state index contributed by atoms with van der Waals surface area (Å²) in [6.07, 6.45) is 1.56. The van der Waals surface area contributed by atoms with Crippen LogP contribution in [0.25, 0.3) is 0 Å². The summed E-state index contributed by atoms with van der Waals surface area (Å²) in [5.74, 6) is 0.920. The maximum absolute atomic E-state index is 11.6. The molecular weight excluding hydrogens is 232 g/mol. The monoisotopic (exact) mass is 252 g/mol. The highest BCUT2D eigenvalue weighted by Crippen LogP contribution is 2.14. The normalized spacial score (nSPS) is 12.1. The molecule has 1 amide bonds. The largest absolute Gasteiger partial charge is 0.330 e. The zero-order valence-corrected chi connectivity index (χ0v) is 11.0. The molecule has 1 aromatic rings. The van der Waals surface area contributed by atoms with E-state index in [4.69, 9.17) is 5.73 Å². The highest BCUT2D eigenvalue weighted by atomic mass is 32.2. The first kappa shape index (κ1) is 14.1. The first-order valence-corrected chi connectivity index (χ1v) is 6.94. The van der Waals surface area contributed by atoms with Crippen LogP contribution in [0.15, 0.2) is 30.3 Å². The van der Waals surface area contributed by atoms with Gasteiger partial charge in [0.05, 0.1) is 0 Å². The predicted molar refractivity (Wildman–Crippen MR) is 75.3 cm³/mol. The van der Waals surface area contributed by atoms with E-state index in [0.717, 1.165) is 17.9 Å². The lowest BCUT2D eigenvalue weighted by molar-refractivity contribution is -0.115. The molecule has 4 heteroatoms. The Hall–Kier alpha value is -1.00. The number of hydrogen-bond donors (Lipinski definition) is 2. The fourth-order valence-electron chi connectivity index (χ4n) is 1.42. The third kappa shape index (κ3) is 6.34. The van der Waals surface area contributed by atoms with Crippen molar-refractivity contribution in [2.24, 2.45) is 5.73 Å². The first-order chi connectivity index (χ1) is 8.22. The van der Waals surface area contributed by atoms with Gasteiger partial charge in [-0.15, -0.1) is 0 Å². The second kappa shape index (κ2) is 8.14. The summed E-state index contributed by atoms with van der Waals surface area (Å²) in [6, 6.07) is 9.53. The Labute approximate surface area is 107 Å². The quantitative estimate of drug-likeness (QED) is 0.784. The van der Waals surface area contributed by atoms with Crippen LogP contribution in [0, 0.1) is 0 Å². The van der Waals surface area contributed by atoms with Crippen LogP contribution in [0.2, 0.25) is 0 Å². The number of rotatable bonds is 7. The van der Waals surface area contributed by atoms with Gasteiger partial charge in [0.2, 0.25) is 5.91 Å². The van der Waals surface area contributed by atoms with Crippen LogP contribution in [0.5, 0.6) is 0 Å². The molecule has 0 aliphatic rings. The van der Waals surface area contributed by atoms with Crippen LogP contribution in [-0.4, -0.2) is 23.5 Å². The zero-order chi connectivity index (χ0) is 12.5. The molecule has 3 N–H and O–H groups in total. The summed E-state index contributed by atoms with van der Waals surface area (Å²) < 4.78 is 0. The van der Waals surface area contributed by atoms with Gasteiger partial charge in [0, 0.05) is 23.1 Å². The molecule has 0 aliphatic carbocycles. The molecular formula is C13H20N2OS. The molecule has 0 aliphatic heterocycles. The van der Waals surface area contributed by atoms with E-state index < -0.39 is 0 Å². The van der Waals surface area contributed by atoms with Gasteiger partial charge in [0.1, 0.15) is 0 Å². The van der Waals surface area contributed by atoms with Crippen molar-refractivity contribution in [2.45, 2.75) is 25.0 Å². The van der Waals surface area contributed by atoms with Gasteiger partial charge in [-0.1, -0.05) is 25.1 Å². The standard InChI is InChI=1S/C13H20N2OS/c1-11(7-9-14)17-10-8-13(16)15-12-5-3-2-4-6-12/h2-6,11H,7-10,14H2,1H3,(H,15,16). The smallest absolute Gasteiger partial charge is 0.225 e. The Morgan fingerprint density at radius 3 is 2.76 bits per heavy atom. The molecule has 0 saturated heterocycles. The molecule has 0 spiro atoms. The number of nitrogens with one attached hydrogen (secondary N) is 1. The lowest BCUT2D eigenvalue weighted by Gasteiger charge is -2.09. The molecule has 0 bridgehead atoms. The molecule has 17 heavy (non-hydrogen) atoms. The molecule has 3 nitrogen and oxygen atoms in total. The van der Waals surface area contributed by atoms with Crippen molar-refractivity contribution >= 4 is 23.4 Å². The second-order valence-corrected chi connectivity index (χ2v) is 5.47. The van der Waals surface area contributed by atoms with Crippen molar-refractivity contribution in [1.82, 2.24) is 0 Å². The topological polar surface area (TPSA) is 55.1 Å². The predicted octanol–water partition coefficient (Wildman–Crippen LogP) is 2.49. The third-order valence-corrected chi connectivity index (χ3v) is 3.61. The Kier molecular flexibility index (Phi) is 6.74. The summed E-state index contributed by atoms with van der Waals surface area (Å²) in [5.41, 5.74) is 6.33. The SMILES string of the molecule is CC(CCN)SCCC(=O)Nc1ccccc1. The molecule has 0 radical (unpaired) electrons. The summed E-state index contributed by atoms with van der Waals surface area (Å²) in [7, 11) is 0. The van der Waals surface area contributed by atoms with Crippen LogP contribution in [0.1, 0.15) is 19.8 Å². The lowest BCUT2D eigenvalue weighted by Crippen LogP contribution is -2.13. The van der Waals surface area contributed by atoms with E-state index in [1.165, 1.54) is 0 Å². The van der Waals surface area contributed by atoms with Gasteiger partial charge in [-0.2, -0.15) is 11.8 Å². The maximum atomic E-state index is 11.6. The number of para-hydroxylation sites is 1. The van der Waals surface area contributed by atoms with E-state index in [9.17, 15) is 4.79 Å². The van der Waals surface area contributed by atoms with E-state index in [1.54, 1.807) is 11.8 Å². The number of carbonyl (C=O) groups excluding carboxylic acids is 1. The van der Waals surface area contributed by atoms with Crippen molar-refractivity contribution in [1.29, 1.82) is 0 Å². The van der Waals surface area contributed by atoms with Gasteiger partial charge in [-0.3, -0.25) is 4.79 Å². The summed E-state index contributed by atoms with van der Waals surface area (Å²) >= 11 is 1.80. The fourth-order valence-corrected chi connectivity index (χ4v) is 2.42. The van der Waals surface area contributed by atoms with Gasteiger partial charge >= 0.3 is 0 Å². The van der Waals surface area contributed by atoms with Crippen LogP contribution in [-0.2, 0) is 4.79 Å². The number of thioether (sulfide) groups is 1. The minimum Gasteiger partial charge on any atom is -0.330 e. The maximum Gasteiger partial charge on any atom is 0.225 e. The molecule has 1 atom stereocenters. The average molecular weight is 252 g/mol. The average Bonchev–Trinajstić information content (AvgIpc) is 2.30. The van der Waals surface area contributed by atoms with Crippen LogP contribution in [0.4, 0.5) is 5.69 Å². The van der Waals surface area contributed by atoms with E-state index >= 15 is 0 Å². The van der Waals surface area contributed by atoms with E-state index in [0.29, 0.717) is 18.2 Å². The van der Waals surface area contributed by atoms with Crippen molar-refractivity contribution in [3.63, 3.8) is 0 Å². The van der Waals surface area contributed by atoms with Gasteiger partial charge in [-0.05, 0) is 25.1 Å². The molecule has 94 valence electrons. The van der Waals surface area contributed by atoms with E-state index in [-0.39, 0.29) is 5.91 Å². The number of nitrogens with two attached hydrogens (primary N) is 1. The molecule has 0 heterocycles. The molecule has 1 unspecified atom stereocenters. The third-order valence-electron chi connectivity index (χ3n) is 2.36. The van der Waals surface area contributed by atoms with Crippen LogP contribution < -0.4 is 11.1 Å². The Balaban J connectivity index is 2.18. The summed E-state index contributed by atoms with van der Waals surface area (Å²) in [6.45, 7) is 2.86. The van der Waals surface area contributed by atoms with Gasteiger partial charge in [0.15, 0.2) is 0 Å². The van der Waals surface area contributed by atoms with Crippen molar-refractivity contribution in [2.75, 3.05) is 17.6 Å². The number of hydrogen-bond acceptors (Lipinski definition) is 3. The van der Waals surface area contributed by atoms with Gasteiger partial charge < -0.3 is 11.1 Å². The van der Waals surface area contributed by atoms with Crippen molar-refractivity contribution < 1.29 is 4.79 Å². The number of benzene rings is 1. The van der Waals surface area contributed by atoms with E-state index in [1.807, 2.05) is 30.3 Å². The van der Waals surface area contributed by atoms with Crippen LogP contribution >= 0.6 is 11.8 Å². The molecule has 0 saturated carbocycles. The molecule has 0 aromatic heterocycles. The molecule has 1 aromatic carbocycles. The summed E-state index contributed by atoms with van der Waals surface area (Å²) in [5, 5.41) is 3.40. The Bertz CT molecular complexity index is 329. The minimum absolute atomic E-state index is 0.0728. The number of anilines is 1. The molecule has 0 fully saturated rings. The second-order valence-electron chi connectivity index (χ2n) is 3.92. The number of amides is 1. The van der Waals surface area contributed by atoms with Gasteiger partial charge in [-0.25, -0.2) is 0 Å². The Morgan fingerprint density at radius 1 is 1.41 bits per heavy atom. The van der Waals surface area contributed by atoms with Crippen molar-refractivity contribution in [3.05, 3.63) is 30.3 Å². The zero-order valence-electron chi connectivity index (χ0n) is 10.2. The van der Waals surface area contributed by atoms with Crippen LogP contribution in [0.3, 0.4) is 0 Å². The highest BCUT2D eigenvalue weighted by Gasteiger charge is 2.05. The fraction of sp³-hybridized carbons (Fsp3) is 0.462. The first-order valence-electron chi connectivity index (χ1n) is 5.89. The van der Waals surface area contributed by atoms with Gasteiger partial charge in [0.25, 0.3) is 0 Å². The highest BCUT2D eigenvalue weighted by molar-refractivity contribution is 7.99. The lowest BCUT2D eigenvalue weighted by atomic mass is 10.3. The van der Waals surface area contributed by atoms with Crippen molar-refractivity contribution in [3.8, 4) is 0 Å². The Morgan fingerprint density at radius 2 is 2.12 bits per heavy atom. The summed E-state index contributed by atoms with van der Waals surface area (Å²) in [4.78, 5) is 11.6. The number of carbonyl (C=O) groups is 1. The molecule has 1 rings (SSSR count).